The first-order chi connectivity index (χ1) is 11.4. The molecule has 0 atom stereocenters. The van der Waals surface area contributed by atoms with Gasteiger partial charge in [-0.05, 0) is 24.3 Å². The number of fused-ring (bicyclic) bond motifs is 1. The van der Waals surface area contributed by atoms with Crippen LogP contribution < -0.4 is 14.4 Å². The number of sulfonamides is 1. The number of halogens is 1. The normalized spacial score (nSPS) is 13.8. The van der Waals surface area contributed by atoms with Crippen LogP contribution in [0.5, 0.6) is 5.75 Å². The Morgan fingerprint density at radius 2 is 2.00 bits per heavy atom. The SMILES string of the molecule is CS(=O)(=O)N1CCOc2cc(NC(=O)c3ccccc3Cl)ccc21. The molecular weight excluding hydrogens is 352 g/mol. The van der Waals surface area contributed by atoms with Crippen molar-refractivity contribution in [1.29, 1.82) is 0 Å². The first kappa shape index (κ1) is 16.6. The van der Waals surface area contributed by atoms with Crippen LogP contribution in [0.3, 0.4) is 0 Å². The third-order valence-electron chi connectivity index (χ3n) is 3.56. The van der Waals surface area contributed by atoms with E-state index < -0.39 is 10.0 Å². The van der Waals surface area contributed by atoms with Crippen molar-refractivity contribution >= 4 is 38.9 Å². The average Bonchev–Trinajstić information content (AvgIpc) is 2.53. The van der Waals surface area contributed by atoms with Gasteiger partial charge in [0, 0.05) is 11.8 Å². The molecule has 8 heteroatoms. The van der Waals surface area contributed by atoms with Crippen LogP contribution in [0.1, 0.15) is 10.4 Å². The van der Waals surface area contributed by atoms with Gasteiger partial charge in [-0.1, -0.05) is 23.7 Å². The van der Waals surface area contributed by atoms with Gasteiger partial charge < -0.3 is 10.1 Å². The Morgan fingerprint density at radius 1 is 1.25 bits per heavy atom. The smallest absolute Gasteiger partial charge is 0.257 e. The number of ether oxygens (including phenoxy) is 1. The van der Waals surface area contributed by atoms with E-state index in [1.165, 1.54) is 4.31 Å². The van der Waals surface area contributed by atoms with Crippen molar-refractivity contribution in [2.24, 2.45) is 0 Å². The van der Waals surface area contributed by atoms with Gasteiger partial charge in [-0.2, -0.15) is 0 Å². The van der Waals surface area contributed by atoms with Gasteiger partial charge in [-0.3, -0.25) is 9.10 Å². The van der Waals surface area contributed by atoms with Gasteiger partial charge in [0.15, 0.2) is 0 Å². The van der Waals surface area contributed by atoms with Crippen LogP contribution in [0.15, 0.2) is 42.5 Å². The predicted octanol–water partition coefficient (Wildman–Crippen LogP) is 2.75. The molecule has 2 aromatic carbocycles. The maximum atomic E-state index is 12.3. The number of hydrogen-bond donors (Lipinski definition) is 1. The van der Waals surface area contributed by atoms with Crippen LogP contribution >= 0.6 is 11.6 Å². The van der Waals surface area contributed by atoms with Crippen molar-refractivity contribution in [1.82, 2.24) is 0 Å². The minimum Gasteiger partial charge on any atom is -0.489 e. The molecule has 24 heavy (non-hydrogen) atoms. The summed E-state index contributed by atoms with van der Waals surface area (Å²) in [6.07, 6.45) is 1.15. The highest BCUT2D eigenvalue weighted by molar-refractivity contribution is 7.92. The summed E-state index contributed by atoms with van der Waals surface area (Å²) >= 11 is 6.01. The zero-order valence-electron chi connectivity index (χ0n) is 12.8. The van der Waals surface area contributed by atoms with Crippen LogP contribution in [0.2, 0.25) is 5.02 Å². The van der Waals surface area contributed by atoms with Gasteiger partial charge in [0.25, 0.3) is 5.91 Å². The Morgan fingerprint density at radius 3 is 2.71 bits per heavy atom. The summed E-state index contributed by atoms with van der Waals surface area (Å²) in [6.45, 7) is 0.513. The van der Waals surface area contributed by atoms with Crippen LogP contribution in [0.25, 0.3) is 0 Å². The number of rotatable bonds is 3. The summed E-state index contributed by atoms with van der Waals surface area (Å²) < 4.78 is 30.4. The van der Waals surface area contributed by atoms with Crippen molar-refractivity contribution in [2.45, 2.75) is 0 Å². The quantitative estimate of drug-likeness (QED) is 0.906. The Balaban J connectivity index is 1.87. The van der Waals surface area contributed by atoms with Crippen LogP contribution in [0, 0.1) is 0 Å². The van der Waals surface area contributed by atoms with E-state index in [2.05, 4.69) is 5.32 Å². The van der Waals surface area contributed by atoms with Crippen molar-refractivity contribution in [3.63, 3.8) is 0 Å². The van der Waals surface area contributed by atoms with E-state index in [1.807, 2.05) is 0 Å². The molecule has 0 spiro atoms. The van der Waals surface area contributed by atoms with E-state index in [1.54, 1.807) is 42.5 Å². The molecule has 126 valence electrons. The Kier molecular flexibility index (Phi) is 4.38. The number of hydrogen-bond acceptors (Lipinski definition) is 4. The van der Waals surface area contributed by atoms with Gasteiger partial charge in [-0.15, -0.1) is 0 Å². The molecule has 1 N–H and O–H groups in total. The van der Waals surface area contributed by atoms with E-state index in [-0.39, 0.29) is 19.1 Å². The van der Waals surface area contributed by atoms with E-state index in [0.717, 1.165) is 6.26 Å². The molecule has 0 radical (unpaired) electrons. The topological polar surface area (TPSA) is 75.7 Å². The minimum atomic E-state index is -3.38. The predicted molar refractivity (Wildman–Crippen MR) is 93.5 cm³/mol. The molecule has 0 unspecified atom stereocenters. The summed E-state index contributed by atoms with van der Waals surface area (Å²) in [5.41, 5.74) is 1.31. The fourth-order valence-electron chi connectivity index (χ4n) is 2.46. The summed E-state index contributed by atoms with van der Waals surface area (Å²) in [5.74, 6) is 0.0555. The molecule has 1 heterocycles. The summed E-state index contributed by atoms with van der Waals surface area (Å²) in [4.78, 5) is 12.3. The summed E-state index contributed by atoms with van der Waals surface area (Å²) in [5, 5.41) is 3.09. The number of benzene rings is 2. The molecule has 0 fully saturated rings. The lowest BCUT2D eigenvalue weighted by Gasteiger charge is -2.29. The fraction of sp³-hybridized carbons (Fsp3) is 0.188. The molecule has 3 rings (SSSR count). The van der Waals surface area contributed by atoms with E-state index in [9.17, 15) is 13.2 Å². The van der Waals surface area contributed by atoms with Gasteiger partial charge in [0.05, 0.1) is 29.1 Å². The Bertz CT molecular complexity index is 899. The second-order valence-corrected chi connectivity index (χ2v) is 7.61. The van der Waals surface area contributed by atoms with Gasteiger partial charge in [0.1, 0.15) is 12.4 Å². The maximum absolute atomic E-state index is 12.3. The molecule has 1 aliphatic heterocycles. The number of carbonyl (C=O) groups is 1. The highest BCUT2D eigenvalue weighted by Gasteiger charge is 2.25. The third-order valence-corrected chi connectivity index (χ3v) is 5.07. The largest absolute Gasteiger partial charge is 0.489 e. The van der Waals surface area contributed by atoms with E-state index in [4.69, 9.17) is 16.3 Å². The number of nitrogens with zero attached hydrogens (tertiary/aromatic N) is 1. The first-order valence-corrected chi connectivity index (χ1v) is 9.39. The van der Waals surface area contributed by atoms with Crippen molar-refractivity contribution < 1.29 is 17.9 Å². The molecular formula is C16H15ClN2O4S. The van der Waals surface area contributed by atoms with Gasteiger partial charge >= 0.3 is 0 Å². The number of anilines is 2. The minimum absolute atomic E-state index is 0.252. The van der Waals surface area contributed by atoms with Crippen LogP contribution in [0.4, 0.5) is 11.4 Å². The average molecular weight is 367 g/mol. The van der Waals surface area contributed by atoms with E-state index >= 15 is 0 Å². The fourth-order valence-corrected chi connectivity index (χ4v) is 3.60. The molecule has 6 nitrogen and oxygen atoms in total. The lowest BCUT2D eigenvalue weighted by atomic mass is 10.2. The second-order valence-electron chi connectivity index (χ2n) is 5.30. The molecule has 0 bridgehead atoms. The zero-order chi connectivity index (χ0) is 17.3. The van der Waals surface area contributed by atoms with Gasteiger partial charge in [0.2, 0.25) is 10.0 Å². The molecule has 0 saturated carbocycles. The molecule has 0 saturated heterocycles. The van der Waals surface area contributed by atoms with Crippen LogP contribution in [-0.4, -0.2) is 33.7 Å². The lowest BCUT2D eigenvalue weighted by molar-refractivity contribution is 0.102. The summed E-state index contributed by atoms with van der Waals surface area (Å²) in [7, 11) is -3.38. The third kappa shape index (κ3) is 3.32. The highest BCUT2D eigenvalue weighted by Crippen LogP contribution is 2.35. The van der Waals surface area contributed by atoms with Crippen molar-refractivity contribution in [3.05, 3.63) is 53.1 Å². The lowest BCUT2D eigenvalue weighted by Crippen LogP contribution is -2.37. The standard InChI is InChI=1S/C16H15ClN2O4S/c1-24(21,22)19-8-9-23-15-10-11(6-7-14(15)19)18-16(20)12-4-2-3-5-13(12)17/h2-7,10H,8-9H2,1H3,(H,18,20). The number of carbonyl (C=O) groups excluding carboxylic acids is 1. The van der Waals surface area contributed by atoms with Crippen molar-refractivity contribution in [3.8, 4) is 5.75 Å². The number of amides is 1. The second kappa shape index (κ2) is 6.33. The first-order valence-electron chi connectivity index (χ1n) is 7.17. The molecule has 0 aromatic heterocycles. The molecule has 1 aliphatic rings. The molecule has 0 aliphatic carbocycles. The van der Waals surface area contributed by atoms with Crippen molar-refractivity contribution in [2.75, 3.05) is 29.0 Å². The van der Waals surface area contributed by atoms with Gasteiger partial charge in [-0.25, -0.2) is 8.42 Å². The zero-order valence-corrected chi connectivity index (χ0v) is 14.4. The highest BCUT2D eigenvalue weighted by atomic mass is 35.5. The monoisotopic (exact) mass is 366 g/mol. The maximum Gasteiger partial charge on any atom is 0.257 e. The number of nitrogens with one attached hydrogen (secondary N) is 1. The van der Waals surface area contributed by atoms with Crippen LogP contribution in [-0.2, 0) is 10.0 Å². The van der Waals surface area contributed by atoms with E-state index in [0.29, 0.717) is 27.7 Å². The molecule has 2 aromatic rings. The Labute approximate surface area is 145 Å². The molecule has 1 amide bonds. The Hall–Kier alpha value is -2.25. The summed E-state index contributed by atoms with van der Waals surface area (Å²) in [6, 6.07) is 11.6.